The van der Waals surface area contributed by atoms with Crippen LogP contribution in [0.2, 0.25) is 0 Å². The third kappa shape index (κ3) is 2.61. The Labute approximate surface area is 126 Å². The Morgan fingerprint density at radius 2 is 1.59 bits per heavy atom. The van der Waals surface area contributed by atoms with Gasteiger partial charge in [0.15, 0.2) is 17.3 Å². The summed E-state index contributed by atoms with van der Waals surface area (Å²) in [6, 6.07) is 10.4. The quantitative estimate of drug-likeness (QED) is 0.597. The van der Waals surface area contributed by atoms with Gasteiger partial charge in [0.1, 0.15) is 5.58 Å². The monoisotopic (exact) mass is 300 g/mol. The highest BCUT2D eigenvalue weighted by Crippen LogP contribution is 2.34. The fourth-order valence-corrected chi connectivity index (χ4v) is 1.99. The Morgan fingerprint density at radius 3 is 2.27 bits per heavy atom. The number of aromatic hydroxyl groups is 3. The standard InChI is InChI=1S/C15H10O5.C2H6/c16-10-6-5-8(7-11(10)17)15-14(19)13(18)9-3-1-2-4-12(9)20-15;1-2/h1-7,16-17,19H;1-2H3. The molecule has 5 nitrogen and oxygen atoms in total. The number of phenolic OH excluding ortho intramolecular Hbond substituents is 2. The van der Waals surface area contributed by atoms with Crippen LogP contribution >= 0.6 is 0 Å². The predicted molar refractivity (Wildman–Crippen MR) is 84.3 cm³/mol. The lowest BCUT2D eigenvalue weighted by Gasteiger charge is -2.06. The molecule has 0 saturated carbocycles. The number of hydrogen-bond donors (Lipinski definition) is 3. The van der Waals surface area contributed by atoms with Gasteiger partial charge in [0, 0.05) is 5.56 Å². The molecule has 0 atom stereocenters. The predicted octanol–water partition coefficient (Wildman–Crippen LogP) is 3.60. The first-order chi connectivity index (χ1) is 10.6. The van der Waals surface area contributed by atoms with Crippen molar-refractivity contribution < 1.29 is 19.7 Å². The van der Waals surface area contributed by atoms with E-state index in [0.29, 0.717) is 11.1 Å². The molecule has 0 radical (unpaired) electrons. The molecular weight excluding hydrogens is 284 g/mol. The normalized spacial score (nSPS) is 10.1. The first-order valence-electron chi connectivity index (χ1n) is 6.85. The largest absolute Gasteiger partial charge is 0.504 e. The molecule has 0 aliphatic heterocycles. The van der Waals surface area contributed by atoms with E-state index in [0.717, 1.165) is 0 Å². The highest BCUT2D eigenvalue weighted by atomic mass is 16.4. The Bertz CT molecular complexity index is 865. The van der Waals surface area contributed by atoms with Crippen molar-refractivity contribution in [1.82, 2.24) is 0 Å². The lowest BCUT2D eigenvalue weighted by molar-refractivity contribution is 0.403. The van der Waals surface area contributed by atoms with Crippen LogP contribution < -0.4 is 5.43 Å². The molecule has 3 rings (SSSR count). The summed E-state index contributed by atoms with van der Waals surface area (Å²) in [6.45, 7) is 4.00. The lowest BCUT2D eigenvalue weighted by Crippen LogP contribution is -2.02. The molecule has 0 unspecified atom stereocenters. The van der Waals surface area contributed by atoms with Crippen LogP contribution in [-0.2, 0) is 0 Å². The number of hydrogen-bond acceptors (Lipinski definition) is 5. The van der Waals surface area contributed by atoms with E-state index in [1.807, 2.05) is 13.8 Å². The van der Waals surface area contributed by atoms with Gasteiger partial charge in [-0.25, -0.2) is 0 Å². The number of para-hydroxylation sites is 1. The first kappa shape index (κ1) is 15.4. The van der Waals surface area contributed by atoms with Crippen LogP contribution in [0.4, 0.5) is 0 Å². The van der Waals surface area contributed by atoms with Gasteiger partial charge in [-0.3, -0.25) is 4.79 Å². The number of phenols is 2. The van der Waals surface area contributed by atoms with Crippen molar-refractivity contribution >= 4 is 11.0 Å². The van der Waals surface area contributed by atoms with E-state index in [-0.39, 0.29) is 22.6 Å². The molecule has 1 heterocycles. The smallest absolute Gasteiger partial charge is 0.235 e. The Balaban J connectivity index is 0.000000847. The van der Waals surface area contributed by atoms with Gasteiger partial charge < -0.3 is 19.7 Å². The van der Waals surface area contributed by atoms with E-state index in [2.05, 4.69) is 0 Å². The van der Waals surface area contributed by atoms with E-state index in [9.17, 15) is 20.1 Å². The zero-order valence-electron chi connectivity index (χ0n) is 12.2. The van der Waals surface area contributed by atoms with Crippen LogP contribution in [0.5, 0.6) is 17.2 Å². The molecule has 3 aromatic rings. The molecule has 0 aliphatic carbocycles. The molecule has 0 spiro atoms. The number of rotatable bonds is 1. The summed E-state index contributed by atoms with van der Waals surface area (Å²) in [4.78, 5) is 12.1. The SMILES string of the molecule is CC.O=c1c(O)c(-c2ccc(O)c(O)c2)oc2ccccc12. The molecule has 5 heteroatoms. The second-order valence-corrected chi connectivity index (χ2v) is 4.31. The molecule has 0 bridgehead atoms. The summed E-state index contributed by atoms with van der Waals surface area (Å²) in [5.41, 5.74) is 0.0768. The van der Waals surface area contributed by atoms with Gasteiger partial charge in [-0.1, -0.05) is 26.0 Å². The Hall–Kier alpha value is -2.95. The summed E-state index contributed by atoms with van der Waals surface area (Å²) in [5.74, 6) is -1.24. The van der Waals surface area contributed by atoms with E-state index >= 15 is 0 Å². The van der Waals surface area contributed by atoms with Crippen LogP contribution in [0.3, 0.4) is 0 Å². The Kier molecular flexibility index (Phi) is 4.36. The van der Waals surface area contributed by atoms with Crippen LogP contribution in [0.15, 0.2) is 51.7 Å². The topological polar surface area (TPSA) is 90.9 Å². The first-order valence-corrected chi connectivity index (χ1v) is 6.85. The summed E-state index contributed by atoms with van der Waals surface area (Å²) >= 11 is 0. The van der Waals surface area contributed by atoms with Gasteiger partial charge in [-0.15, -0.1) is 0 Å². The minimum absolute atomic E-state index is 0.0519. The van der Waals surface area contributed by atoms with E-state index in [1.165, 1.54) is 18.2 Å². The van der Waals surface area contributed by atoms with Crippen molar-refractivity contribution in [3.63, 3.8) is 0 Å². The summed E-state index contributed by atoms with van der Waals surface area (Å²) in [6.07, 6.45) is 0. The molecule has 0 saturated heterocycles. The zero-order chi connectivity index (χ0) is 16.3. The van der Waals surface area contributed by atoms with Crippen LogP contribution in [0.25, 0.3) is 22.3 Å². The van der Waals surface area contributed by atoms with E-state index < -0.39 is 11.2 Å². The van der Waals surface area contributed by atoms with Gasteiger partial charge in [0.25, 0.3) is 0 Å². The average molecular weight is 300 g/mol. The molecule has 2 aromatic carbocycles. The van der Waals surface area contributed by atoms with Crippen molar-refractivity contribution in [3.8, 4) is 28.6 Å². The van der Waals surface area contributed by atoms with Gasteiger partial charge in [0.05, 0.1) is 5.39 Å². The minimum atomic E-state index is -0.547. The van der Waals surface area contributed by atoms with Crippen LogP contribution in [0.1, 0.15) is 13.8 Å². The fraction of sp³-hybridized carbons (Fsp3) is 0.118. The molecule has 114 valence electrons. The summed E-state index contributed by atoms with van der Waals surface area (Å²) in [7, 11) is 0. The third-order valence-corrected chi connectivity index (χ3v) is 3.01. The molecule has 0 amide bonds. The average Bonchev–Trinajstić information content (AvgIpc) is 2.55. The molecule has 0 aliphatic rings. The lowest BCUT2D eigenvalue weighted by atomic mass is 10.1. The Morgan fingerprint density at radius 1 is 0.909 bits per heavy atom. The van der Waals surface area contributed by atoms with Gasteiger partial charge in [0.2, 0.25) is 11.2 Å². The second kappa shape index (κ2) is 6.22. The van der Waals surface area contributed by atoms with Gasteiger partial charge >= 0.3 is 0 Å². The fourth-order valence-electron chi connectivity index (χ4n) is 1.99. The maximum absolute atomic E-state index is 12.1. The van der Waals surface area contributed by atoms with Crippen molar-refractivity contribution in [2.45, 2.75) is 13.8 Å². The summed E-state index contributed by atoms with van der Waals surface area (Å²) in [5, 5.41) is 29.0. The van der Waals surface area contributed by atoms with Crippen LogP contribution in [-0.4, -0.2) is 15.3 Å². The highest BCUT2D eigenvalue weighted by molar-refractivity contribution is 5.82. The van der Waals surface area contributed by atoms with Crippen LogP contribution in [0, 0.1) is 0 Å². The van der Waals surface area contributed by atoms with Gasteiger partial charge in [-0.05, 0) is 30.3 Å². The molecule has 0 fully saturated rings. The molecule has 22 heavy (non-hydrogen) atoms. The highest BCUT2D eigenvalue weighted by Gasteiger charge is 2.16. The van der Waals surface area contributed by atoms with Crippen molar-refractivity contribution in [1.29, 1.82) is 0 Å². The molecule has 1 aromatic heterocycles. The number of benzene rings is 2. The third-order valence-electron chi connectivity index (χ3n) is 3.01. The second-order valence-electron chi connectivity index (χ2n) is 4.31. The minimum Gasteiger partial charge on any atom is -0.504 e. The van der Waals surface area contributed by atoms with Crippen molar-refractivity contribution in [2.24, 2.45) is 0 Å². The summed E-state index contributed by atoms with van der Waals surface area (Å²) < 4.78 is 5.51. The van der Waals surface area contributed by atoms with E-state index in [4.69, 9.17) is 4.42 Å². The van der Waals surface area contributed by atoms with Gasteiger partial charge in [-0.2, -0.15) is 0 Å². The van der Waals surface area contributed by atoms with Crippen molar-refractivity contribution in [3.05, 3.63) is 52.7 Å². The molecular formula is C17H16O5. The maximum atomic E-state index is 12.1. The molecule has 3 N–H and O–H groups in total. The van der Waals surface area contributed by atoms with E-state index in [1.54, 1.807) is 24.3 Å². The van der Waals surface area contributed by atoms with Crippen molar-refractivity contribution in [2.75, 3.05) is 0 Å². The maximum Gasteiger partial charge on any atom is 0.235 e. The number of fused-ring (bicyclic) bond motifs is 1. The zero-order valence-corrected chi connectivity index (χ0v) is 12.2.